The molecular weight excluding hydrogens is 376 g/mol. The van der Waals surface area contributed by atoms with Crippen LogP contribution >= 0.6 is 0 Å². The number of alkyl halides is 3. The zero-order valence-electron chi connectivity index (χ0n) is 13.5. The van der Waals surface area contributed by atoms with Crippen molar-refractivity contribution in [1.29, 1.82) is 0 Å². The number of nitrogen functional groups attached to an aromatic ring is 1. The number of benzene rings is 1. The molecule has 1 atom stereocenters. The molecule has 1 aromatic carbocycles. The van der Waals surface area contributed by atoms with Gasteiger partial charge in [0.1, 0.15) is 15.7 Å². The summed E-state index contributed by atoms with van der Waals surface area (Å²) >= 11 is 0. The number of sulfone groups is 1. The third kappa shape index (κ3) is 3.56. The van der Waals surface area contributed by atoms with Gasteiger partial charge in [-0.15, -0.1) is 0 Å². The van der Waals surface area contributed by atoms with E-state index in [1.807, 2.05) is 0 Å². The Morgan fingerprint density at radius 2 is 2.00 bits per heavy atom. The summed E-state index contributed by atoms with van der Waals surface area (Å²) in [6.07, 6.45) is -2.62. The zero-order valence-corrected chi connectivity index (χ0v) is 14.3. The maximum Gasteiger partial charge on any atom is 0.416 e. The molecule has 1 aliphatic rings. The average Bonchev–Trinajstić information content (AvgIpc) is 3.16. The van der Waals surface area contributed by atoms with E-state index >= 15 is 0 Å². The van der Waals surface area contributed by atoms with Gasteiger partial charge in [-0.05, 0) is 30.7 Å². The first-order valence-electron chi connectivity index (χ1n) is 7.74. The molecule has 3 rings (SSSR count). The molecule has 2 N–H and O–H groups in total. The van der Waals surface area contributed by atoms with E-state index in [-0.39, 0.29) is 22.7 Å². The molecule has 0 unspecified atom stereocenters. The van der Waals surface area contributed by atoms with Gasteiger partial charge >= 0.3 is 6.18 Å². The van der Waals surface area contributed by atoms with Gasteiger partial charge in [-0.25, -0.2) is 12.8 Å². The summed E-state index contributed by atoms with van der Waals surface area (Å²) in [6.45, 7) is 1.33. The van der Waals surface area contributed by atoms with Crippen LogP contribution in [-0.2, 0) is 27.3 Å². The minimum atomic E-state index is -4.77. The van der Waals surface area contributed by atoms with Gasteiger partial charge in [-0.1, -0.05) is 0 Å². The summed E-state index contributed by atoms with van der Waals surface area (Å²) < 4.78 is 84.4. The predicted octanol–water partition coefficient (Wildman–Crippen LogP) is 3.10. The maximum absolute atomic E-state index is 14.2. The fourth-order valence-electron chi connectivity index (χ4n) is 2.89. The monoisotopic (exact) mass is 392 g/mol. The van der Waals surface area contributed by atoms with E-state index in [2.05, 4.69) is 0 Å². The van der Waals surface area contributed by atoms with Crippen molar-refractivity contribution in [2.75, 3.05) is 18.9 Å². The van der Waals surface area contributed by atoms with Crippen LogP contribution in [0, 0.1) is 11.7 Å². The summed E-state index contributed by atoms with van der Waals surface area (Å²) in [7, 11) is -4.38. The van der Waals surface area contributed by atoms with Crippen LogP contribution in [0.2, 0.25) is 0 Å². The normalized spacial score (nSPS) is 18.4. The Kier molecular flexibility index (Phi) is 4.74. The predicted molar refractivity (Wildman–Crippen MR) is 84.6 cm³/mol. The van der Waals surface area contributed by atoms with Crippen molar-refractivity contribution in [3.8, 4) is 0 Å². The van der Waals surface area contributed by atoms with E-state index in [0.29, 0.717) is 31.9 Å². The Labute approximate surface area is 147 Å². The van der Waals surface area contributed by atoms with Gasteiger partial charge in [-0.2, -0.15) is 13.2 Å². The smallest absolute Gasteiger partial charge is 0.397 e. The van der Waals surface area contributed by atoms with Crippen molar-refractivity contribution >= 4 is 15.5 Å². The summed E-state index contributed by atoms with van der Waals surface area (Å²) in [4.78, 5) is -0.826. The molecule has 26 heavy (non-hydrogen) atoms. The van der Waals surface area contributed by atoms with Gasteiger partial charge in [0.05, 0.1) is 17.9 Å². The van der Waals surface area contributed by atoms with E-state index in [1.54, 1.807) is 0 Å². The minimum absolute atomic E-state index is 0.0770. The van der Waals surface area contributed by atoms with Crippen LogP contribution in [0.4, 0.5) is 23.2 Å². The highest BCUT2D eigenvalue weighted by atomic mass is 32.2. The highest BCUT2D eigenvalue weighted by Gasteiger charge is 2.34. The Bertz CT molecular complexity index is 916. The standard InChI is InChI=1S/C16H16F4N2O3S/c17-13-5-11(16(18,19)20)1-2-14(13)26(23,24)15-6-12(21)8-22(15)7-10-3-4-25-9-10/h1-2,5-6,8,10H,3-4,7,9,21H2/t10-/m1/s1. The van der Waals surface area contributed by atoms with E-state index in [0.717, 1.165) is 6.42 Å². The van der Waals surface area contributed by atoms with Crippen molar-refractivity contribution in [2.45, 2.75) is 29.1 Å². The molecule has 10 heteroatoms. The second-order valence-corrected chi connectivity index (χ2v) is 8.01. The third-order valence-electron chi connectivity index (χ3n) is 4.18. The number of rotatable bonds is 4. The van der Waals surface area contributed by atoms with Gasteiger partial charge in [0.25, 0.3) is 0 Å². The van der Waals surface area contributed by atoms with E-state index in [4.69, 9.17) is 10.5 Å². The van der Waals surface area contributed by atoms with Crippen molar-refractivity contribution in [3.05, 3.63) is 41.8 Å². The quantitative estimate of drug-likeness (QED) is 0.812. The first-order valence-corrected chi connectivity index (χ1v) is 9.22. The molecule has 0 aliphatic carbocycles. The zero-order chi connectivity index (χ0) is 19.1. The number of ether oxygens (including phenoxy) is 1. The maximum atomic E-state index is 14.2. The summed E-state index contributed by atoms with van der Waals surface area (Å²) in [5.74, 6) is -1.39. The molecule has 0 amide bonds. The lowest BCUT2D eigenvalue weighted by Gasteiger charge is -2.14. The van der Waals surface area contributed by atoms with Gasteiger partial charge < -0.3 is 15.0 Å². The molecular formula is C16H16F4N2O3S. The number of anilines is 1. The van der Waals surface area contributed by atoms with E-state index < -0.39 is 32.3 Å². The highest BCUT2D eigenvalue weighted by molar-refractivity contribution is 7.91. The molecule has 142 valence electrons. The largest absolute Gasteiger partial charge is 0.416 e. The van der Waals surface area contributed by atoms with Gasteiger partial charge in [-0.3, -0.25) is 0 Å². The van der Waals surface area contributed by atoms with E-state index in [1.165, 1.54) is 16.8 Å². The lowest BCUT2D eigenvalue weighted by Crippen LogP contribution is -2.16. The molecule has 2 heterocycles. The van der Waals surface area contributed by atoms with Gasteiger partial charge in [0.15, 0.2) is 0 Å². The Hall–Kier alpha value is -2.07. The van der Waals surface area contributed by atoms with Crippen molar-refractivity contribution in [2.24, 2.45) is 5.92 Å². The number of halogens is 4. The fraction of sp³-hybridized carbons (Fsp3) is 0.375. The SMILES string of the molecule is Nc1cc(S(=O)(=O)c2ccc(C(F)(F)F)cc2F)n(C[C@H]2CCOC2)c1. The molecule has 1 aliphatic heterocycles. The first kappa shape index (κ1) is 18.7. The average molecular weight is 392 g/mol. The number of nitrogens with two attached hydrogens (primary N) is 1. The molecule has 1 fully saturated rings. The van der Waals surface area contributed by atoms with Gasteiger partial charge in [0, 0.05) is 25.3 Å². The number of aromatic nitrogens is 1. The Morgan fingerprint density at radius 1 is 1.27 bits per heavy atom. The summed E-state index contributed by atoms with van der Waals surface area (Å²) in [5, 5.41) is -0.263. The fourth-order valence-corrected chi connectivity index (χ4v) is 4.41. The Balaban J connectivity index is 2.01. The van der Waals surface area contributed by atoms with Crippen LogP contribution < -0.4 is 5.73 Å². The van der Waals surface area contributed by atoms with Crippen molar-refractivity contribution < 1.29 is 30.7 Å². The van der Waals surface area contributed by atoms with Gasteiger partial charge in [0.2, 0.25) is 9.84 Å². The van der Waals surface area contributed by atoms with E-state index in [9.17, 15) is 26.0 Å². The van der Waals surface area contributed by atoms with Crippen LogP contribution in [0.3, 0.4) is 0 Å². The minimum Gasteiger partial charge on any atom is -0.397 e. The molecule has 0 saturated carbocycles. The molecule has 5 nitrogen and oxygen atoms in total. The van der Waals surface area contributed by atoms with Crippen LogP contribution in [0.25, 0.3) is 0 Å². The number of hydrogen-bond acceptors (Lipinski definition) is 4. The molecule has 1 aromatic heterocycles. The molecule has 0 spiro atoms. The molecule has 0 radical (unpaired) electrons. The van der Waals surface area contributed by atoms with Crippen LogP contribution in [0.1, 0.15) is 12.0 Å². The summed E-state index contributed by atoms with van der Waals surface area (Å²) in [6, 6.07) is 2.51. The lowest BCUT2D eigenvalue weighted by molar-refractivity contribution is -0.137. The van der Waals surface area contributed by atoms with Crippen molar-refractivity contribution in [1.82, 2.24) is 4.57 Å². The van der Waals surface area contributed by atoms with Crippen LogP contribution in [0.5, 0.6) is 0 Å². The lowest BCUT2D eigenvalue weighted by atomic mass is 10.1. The van der Waals surface area contributed by atoms with Crippen molar-refractivity contribution in [3.63, 3.8) is 0 Å². The molecule has 2 aromatic rings. The second kappa shape index (κ2) is 6.58. The summed E-state index contributed by atoms with van der Waals surface area (Å²) in [5.41, 5.74) is 4.59. The number of hydrogen-bond donors (Lipinski definition) is 1. The first-order chi connectivity index (χ1) is 12.1. The molecule has 0 bridgehead atoms. The molecule has 1 saturated heterocycles. The number of nitrogens with zero attached hydrogens (tertiary/aromatic N) is 1. The highest BCUT2D eigenvalue weighted by Crippen LogP contribution is 2.33. The topological polar surface area (TPSA) is 74.3 Å². The second-order valence-electron chi connectivity index (χ2n) is 6.14. The Morgan fingerprint density at radius 3 is 2.58 bits per heavy atom. The third-order valence-corrected chi connectivity index (χ3v) is 5.99. The van der Waals surface area contributed by atoms with Crippen LogP contribution in [0.15, 0.2) is 40.4 Å². The van der Waals surface area contributed by atoms with Crippen LogP contribution in [-0.4, -0.2) is 26.2 Å².